The van der Waals surface area contributed by atoms with Crippen molar-refractivity contribution in [1.29, 1.82) is 0 Å². The third-order valence-electron chi connectivity index (χ3n) is 4.53. The first-order valence-electron chi connectivity index (χ1n) is 9.92. The number of Topliss-reactive ketones (excluding diaryl/α,β-unsaturated/α-hetero) is 1. The Balaban J connectivity index is 1.39. The molecule has 0 aliphatic heterocycles. The molecule has 3 rings (SSSR count). The fourth-order valence-electron chi connectivity index (χ4n) is 2.78. The first-order valence-corrected chi connectivity index (χ1v) is 9.92. The third kappa shape index (κ3) is 6.48. The Morgan fingerprint density at radius 1 is 0.767 bits per heavy atom. The van der Waals surface area contributed by atoms with Crippen LogP contribution in [0, 0.1) is 0 Å². The molecule has 0 aliphatic carbocycles. The molecular weight excluding hydrogens is 378 g/mol. The molecule has 5 heteroatoms. The molecule has 1 amide bonds. The zero-order chi connectivity index (χ0) is 21.2. The van der Waals surface area contributed by atoms with Gasteiger partial charge in [-0.15, -0.1) is 0 Å². The number of ether oxygens (including phenoxy) is 2. The van der Waals surface area contributed by atoms with Crippen LogP contribution in [-0.4, -0.2) is 18.3 Å². The summed E-state index contributed by atoms with van der Waals surface area (Å²) in [6.07, 6.45) is 0.462. The summed E-state index contributed by atoms with van der Waals surface area (Å²) >= 11 is 0. The van der Waals surface area contributed by atoms with Crippen molar-refractivity contribution in [2.24, 2.45) is 0 Å². The Kier molecular flexibility index (Phi) is 7.61. The average Bonchev–Trinajstić information content (AvgIpc) is 2.81. The van der Waals surface area contributed by atoms with Gasteiger partial charge in [0.05, 0.1) is 0 Å². The van der Waals surface area contributed by atoms with Gasteiger partial charge in [-0.2, -0.15) is 0 Å². The second kappa shape index (κ2) is 10.8. The van der Waals surface area contributed by atoms with Crippen molar-refractivity contribution in [2.75, 3.05) is 6.61 Å². The maximum Gasteiger partial charge on any atom is 0.258 e. The Morgan fingerprint density at radius 2 is 1.40 bits per heavy atom. The minimum Gasteiger partial charge on any atom is -0.489 e. The highest BCUT2D eigenvalue weighted by atomic mass is 16.5. The number of amides is 1. The number of rotatable bonds is 10. The predicted molar refractivity (Wildman–Crippen MR) is 116 cm³/mol. The summed E-state index contributed by atoms with van der Waals surface area (Å²) in [4.78, 5) is 23.6. The van der Waals surface area contributed by atoms with E-state index in [2.05, 4.69) is 5.32 Å². The van der Waals surface area contributed by atoms with Crippen LogP contribution in [0.4, 0.5) is 0 Å². The summed E-state index contributed by atoms with van der Waals surface area (Å²) in [6, 6.07) is 24.4. The van der Waals surface area contributed by atoms with Crippen molar-refractivity contribution in [3.63, 3.8) is 0 Å². The first kappa shape index (κ1) is 21.1. The highest BCUT2D eigenvalue weighted by Crippen LogP contribution is 2.14. The van der Waals surface area contributed by atoms with Gasteiger partial charge in [-0.25, -0.2) is 0 Å². The number of hydrogen-bond acceptors (Lipinski definition) is 4. The van der Waals surface area contributed by atoms with Crippen molar-refractivity contribution in [3.8, 4) is 11.5 Å². The van der Waals surface area contributed by atoms with Crippen molar-refractivity contribution in [3.05, 3.63) is 95.6 Å². The molecule has 154 valence electrons. The van der Waals surface area contributed by atoms with Gasteiger partial charge < -0.3 is 14.8 Å². The van der Waals surface area contributed by atoms with E-state index in [1.807, 2.05) is 61.5 Å². The number of para-hydroxylation sites is 1. The van der Waals surface area contributed by atoms with E-state index in [4.69, 9.17) is 9.47 Å². The quantitative estimate of drug-likeness (QED) is 0.504. The smallest absolute Gasteiger partial charge is 0.258 e. The molecule has 5 nitrogen and oxygen atoms in total. The van der Waals surface area contributed by atoms with Gasteiger partial charge in [0.1, 0.15) is 18.1 Å². The summed E-state index contributed by atoms with van der Waals surface area (Å²) in [5.41, 5.74) is 2.70. The SMILES string of the molecule is CCC(=O)c1ccc(OCC(=O)NCc2ccc(COc3ccccc3)cc2)cc1. The summed E-state index contributed by atoms with van der Waals surface area (Å²) in [7, 11) is 0. The number of benzene rings is 3. The van der Waals surface area contributed by atoms with E-state index in [1.165, 1.54) is 0 Å². The number of hydrogen-bond donors (Lipinski definition) is 1. The van der Waals surface area contributed by atoms with Crippen LogP contribution < -0.4 is 14.8 Å². The molecule has 0 aromatic heterocycles. The van der Waals surface area contributed by atoms with Gasteiger partial charge >= 0.3 is 0 Å². The molecule has 3 aromatic carbocycles. The molecule has 1 N–H and O–H groups in total. The van der Waals surface area contributed by atoms with Crippen molar-refractivity contribution < 1.29 is 19.1 Å². The molecule has 30 heavy (non-hydrogen) atoms. The highest BCUT2D eigenvalue weighted by molar-refractivity contribution is 5.95. The Labute approximate surface area is 176 Å². The lowest BCUT2D eigenvalue weighted by molar-refractivity contribution is -0.123. The number of nitrogens with one attached hydrogen (secondary N) is 1. The Hall–Kier alpha value is -3.60. The predicted octanol–water partition coefficient (Wildman–Crippen LogP) is 4.55. The molecule has 0 bridgehead atoms. The van der Waals surface area contributed by atoms with E-state index in [0.29, 0.717) is 30.9 Å². The summed E-state index contributed by atoms with van der Waals surface area (Å²) in [6.45, 7) is 2.66. The molecule has 0 radical (unpaired) electrons. The van der Waals surface area contributed by atoms with Crippen LogP contribution in [0.3, 0.4) is 0 Å². The first-order chi connectivity index (χ1) is 14.6. The van der Waals surface area contributed by atoms with E-state index in [1.54, 1.807) is 24.3 Å². The second-order valence-corrected chi connectivity index (χ2v) is 6.78. The number of ketones is 1. The van der Waals surface area contributed by atoms with Crippen LogP contribution in [0.1, 0.15) is 34.8 Å². The van der Waals surface area contributed by atoms with E-state index in [-0.39, 0.29) is 18.3 Å². The average molecular weight is 403 g/mol. The maximum atomic E-state index is 12.0. The van der Waals surface area contributed by atoms with Crippen LogP contribution in [0.5, 0.6) is 11.5 Å². The van der Waals surface area contributed by atoms with Gasteiger partial charge in [-0.3, -0.25) is 9.59 Å². The second-order valence-electron chi connectivity index (χ2n) is 6.78. The molecule has 0 saturated heterocycles. The van der Waals surface area contributed by atoms with Crippen LogP contribution >= 0.6 is 0 Å². The monoisotopic (exact) mass is 403 g/mol. The van der Waals surface area contributed by atoms with Gasteiger partial charge in [0.15, 0.2) is 12.4 Å². The minimum absolute atomic E-state index is 0.0793. The van der Waals surface area contributed by atoms with E-state index < -0.39 is 0 Å². The number of carbonyl (C=O) groups is 2. The largest absolute Gasteiger partial charge is 0.489 e. The van der Waals surface area contributed by atoms with Gasteiger partial charge in [0, 0.05) is 18.5 Å². The van der Waals surface area contributed by atoms with E-state index >= 15 is 0 Å². The summed E-state index contributed by atoms with van der Waals surface area (Å²) in [5, 5.41) is 2.84. The van der Waals surface area contributed by atoms with E-state index in [0.717, 1.165) is 16.9 Å². The van der Waals surface area contributed by atoms with Crippen LogP contribution in [0.25, 0.3) is 0 Å². The van der Waals surface area contributed by atoms with Crippen molar-refractivity contribution in [2.45, 2.75) is 26.5 Å². The normalized spacial score (nSPS) is 10.3. The van der Waals surface area contributed by atoms with Crippen LogP contribution in [-0.2, 0) is 17.9 Å². The lowest BCUT2D eigenvalue weighted by Crippen LogP contribution is -2.28. The molecule has 0 spiro atoms. The van der Waals surface area contributed by atoms with Crippen molar-refractivity contribution in [1.82, 2.24) is 5.32 Å². The zero-order valence-corrected chi connectivity index (χ0v) is 17.0. The lowest BCUT2D eigenvalue weighted by Gasteiger charge is -2.09. The van der Waals surface area contributed by atoms with Crippen LogP contribution in [0.2, 0.25) is 0 Å². The van der Waals surface area contributed by atoms with Gasteiger partial charge in [0.2, 0.25) is 0 Å². The molecule has 0 unspecified atom stereocenters. The van der Waals surface area contributed by atoms with Gasteiger partial charge in [-0.05, 0) is 47.5 Å². The van der Waals surface area contributed by atoms with Gasteiger partial charge in [-0.1, -0.05) is 49.4 Å². The summed E-state index contributed by atoms with van der Waals surface area (Å²) in [5.74, 6) is 1.26. The number of carbonyl (C=O) groups excluding carboxylic acids is 2. The fourth-order valence-corrected chi connectivity index (χ4v) is 2.78. The van der Waals surface area contributed by atoms with Crippen LogP contribution in [0.15, 0.2) is 78.9 Å². The third-order valence-corrected chi connectivity index (χ3v) is 4.53. The molecule has 0 fully saturated rings. The lowest BCUT2D eigenvalue weighted by atomic mass is 10.1. The Morgan fingerprint density at radius 3 is 2.07 bits per heavy atom. The Bertz CT molecular complexity index is 951. The molecule has 0 heterocycles. The van der Waals surface area contributed by atoms with Crippen molar-refractivity contribution >= 4 is 11.7 Å². The fraction of sp³-hybridized carbons (Fsp3) is 0.200. The topological polar surface area (TPSA) is 64.6 Å². The molecular formula is C25H25NO4. The molecule has 3 aromatic rings. The molecule has 0 aliphatic rings. The van der Waals surface area contributed by atoms with Gasteiger partial charge in [0.25, 0.3) is 5.91 Å². The maximum absolute atomic E-state index is 12.0. The minimum atomic E-state index is -0.208. The standard InChI is InChI=1S/C25H25NO4/c1-2-24(27)21-12-14-23(15-13-21)30-18-25(28)26-16-19-8-10-20(11-9-19)17-29-22-6-4-3-5-7-22/h3-15H,2,16-18H2,1H3,(H,26,28). The van der Waals surface area contributed by atoms with E-state index in [9.17, 15) is 9.59 Å². The zero-order valence-electron chi connectivity index (χ0n) is 17.0. The summed E-state index contributed by atoms with van der Waals surface area (Å²) < 4.78 is 11.2. The molecule has 0 atom stereocenters. The molecule has 0 saturated carbocycles. The highest BCUT2D eigenvalue weighted by Gasteiger charge is 2.06.